The predicted molar refractivity (Wildman–Crippen MR) is 90.8 cm³/mol. The Morgan fingerprint density at radius 3 is 2.40 bits per heavy atom. The number of carbonyl (C=O) groups excluding carboxylic acids is 1. The normalized spacial score (nSPS) is 14.7. The van der Waals surface area contributed by atoms with E-state index in [0.29, 0.717) is 30.5 Å². The molecule has 25 heavy (non-hydrogen) atoms. The first-order valence-electron chi connectivity index (χ1n) is 8.20. The van der Waals surface area contributed by atoms with E-state index in [1.165, 1.54) is 28.6 Å². The molecule has 0 radical (unpaired) electrons. The second-order valence-corrected chi connectivity index (χ2v) is 7.73. The zero-order chi connectivity index (χ0) is 18.0. The molecule has 134 valence electrons. The minimum Gasteiger partial charge on any atom is -0.408 e. The number of rotatable bonds is 7. The van der Waals surface area contributed by atoms with Crippen molar-refractivity contribution in [1.29, 1.82) is 0 Å². The van der Waals surface area contributed by atoms with Gasteiger partial charge in [0, 0.05) is 24.6 Å². The van der Waals surface area contributed by atoms with Gasteiger partial charge in [-0.1, -0.05) is 18.9 Å². The van der Waals surface area contributed by atoms with E-state index >= 15 is 0 Å². The fraction of sp³-hybridized carbons (Fsp3) is 0.438. The number of hydrogen-bond acceptors (Lipinski definition) is 6. The molecule has 0 spiro atoms. The van der Waals surface area contributed by atoms with Crippen LogP contribution in [0.1, 0.15) is 48.9 Å². The number of nitrogens with one attached hydrogen (secondary N) is 1. The van der Waals surface area contributed by atoms with Crippen molar-refractivity contribution in [2.45, 2.75) is 37.5 Å². The van der Waals surface area contributed by atoms with Gasteiger partial charge < -0.3 is 4.42 Å². The van der Waals surface area contributed by atoms with Crippen molar-refractivity contribution in [2.24, 2.45) is 0 Å². The summed E-state index contributed by atoms with van der Waals surface area (Å²) in [5.41, 5.74) is 0.310. The van der Waals surface area contributed by atoms with Crippen LogP contribution in [0.4, 0.5) is 6.01 Å². The maximum atomic E-state index is 12.4. The fourth-order valence-corrected chi connectivity index (χ4v) is 3.90. The first-order valence-corrected chi connectivity index (χ1v) is 9.64. The highest BCUT2D eigenvalue weighted by Crippen LogP contribution is 2.39. The zero-order valence-corrected chi connectivity index (χ0v) is 14.9. The number of sulfonamides is 1. The minimum atomic E-state index is -3.54. The van der Waals surface area contributed by atoms with E-state index in [0.717, 1.165) is 12.8 Å². The number of amides is 1. The lowest BCUT2D eigenvalue weighted by molar-refractivity contribution is 0.102. The van der Waals surface area contributed by atoms with Crippen molar-refractivity contribution in [3.8, 4) is 0 Å². The Morgan fingerprint density at radius 2 is 1.84 bits per heavy atom. The number of benzene rings is 1. The molecule has 0 aliphatic heterocycles. The Kier molecular flexibility index (Phi) is 4.87. The summed E-state index contributed by atoms with van der Waals surface area (Å²) >= 11 is 0. The summed E-state index contributed by atoms with van der Waals surface area (Å²) in [6.45, 7) is 4.34. The predicted octanol–water partition coefficient (Wildman–Crippen LogP) is 2.23. The number of nitrogens with zero attached hydrogens (tertiary/aromatic N) is 3. The summed E-state index contributed by atoms with van der Waals surface area (Å²) < 4.78 is 31.6. The van der Waals surface area contributed by atoms with Gasteiger partial charge in [-0.05, 0) is 37.1 Å². The smallest absolute Gasteiger partial charge is 0.322 e. The third-order valence-corrected chi connectivity index (χ3v) is 6.11. The third kappa shape index (κ3) is 3.72. The van der Waals surface area contributed by atoms with Gasteiger partial charge >= 0.3 is 6.01 Å². The van der Waals surface area contributed by atoms with Crippen molar-refractivity contribution < 1.29 is 17.6 Å². The van der Waals surface area contributed by atoms with Crippen LogP contribution < -0.4 is 5.32 Å². The Balaban J connectivity index is 1.71. The molecule has 1 aromatic heterocycles. The third-order valence-electron chi connectivity index (χ3n) is 4.05. The van der Waals surface area contributed by atoms with E-state index < -0.39 is 15.9 Å². The van der Waals surface area contributed by atoms with Gasteiger partial charge in [-0.3, -0.25) is 10.1 Å². The van der Waals surface area contributed by atoms with Gasteiger partial charge in [-0.2, -0.15) is 4.31 Å². The van der Waals surface area contributed by atoms with E-state index in [1.807, 2.05) is 0 Å². The fourth-order valence-electron chi connectivity index (χ4n) is 2.44. The Labute approximate surface area is 146 Å². The van der Waals surface area contributed by atoms with Crippen LogP contribution in [0.15, 0.2) is 33.6 Å². The summed E-state index contributed by atoms with van der Waals surface area (Å²) in [6.07, 6.45) is 2.05. The monoisotopic (exact) mass is 364 g/mol. The molecule has 1 saturated carbocycles. The van der Waals surface area contributed by atoms with Crippen LogP contribution >= 0.6 is 0 Å². The summed E-state index contributed by atoms with van der Waals surface area (Å²) in [4.78, 5) is 12.4. The molecule has 0 saturated heterocycles. The van der Waals surface area contributed by atoms with Crippen molar-refractivity contribution in [3.05, 3.63) is 35.7 Å². The number of carbonyl (C=O) groups is 1. The Hall–Kier alpha value is -2.26. The maximum absolute atomic E-state index is 12.4. The van der Waals surface area contributed by atoms with E-state index in [2.05, 4.69) is 15.5 Å². The zero-order valence-electron chi connectivity index (χ0n) is 14.1. The Morgan fingerprint density at radius 1 is 1.20 bits per heavy atom. The molecule has 1 amide bonds. The highest BCUT2D eigenvalue weighted by Gasteiger charge is 2.29. The lowest BCUT2D eigenvalue weighted by Gasteiger charge is -2.18. The van der Waals surface area contributed by atoms with Crippen molar-refractivity contribution in [3.63, 3.8) is 0 Å². The van der Waals surface area contributed by atoms with Gasteiger partial charge in [-0.15, -0.1) is 5.10 Å². The van der Waals surface area contributed by atoms with Crippen molar-refractivity contribution >= 4 is 21.9 Å². The average molecular weight is 364 g/mol. The highest BCUT2D eigenvalue weighted by atomic mass is 32.2. The molecule has 1 aliphatic rings. The molecular weight excluding hydrogens is 344 g/mol. The lowest BCUT2D eigenvalue weighted by Crippen LogP contribution is -2.30. The molecule has 0 unspecified atom stereocenters. The molecule has 1 aliphatic carbocycles. The summed E-state index contributed by atoms with van der Waals surface area (Å²) in [5, 5.41) is 10.2. The standard InChI is InChI=1S/C16H20N4O4S/c1-3-20(4-2)25(22,23)13-9-7-11(8-10-13)14(21)17-16-19-18-15(24-16)12-5-6-12/h7-10,12H,3-6H2,1-2H3,(H,17,19,21). The lowest BCUT2D eigenvalue weighted by atomic mass is 10.2. The van der Waals surface area contributed by atoms with Crippen LogP contribution in [0, 0.1) is 0 Å². The van der Waals surface area contributed by atoms with Crippen molar-refractivity contribution in [1.82, 2.24) is 14.5 Å². The number of anilines is 1. The summed E-state index contributed by atoms with van der Waals surface area (Å²) in [7, 11) is -3.54. The summed E-state index contributed by atoms with van der Waals surface area (Å²) in [5.74, 6) is 0.413. The van der Waals surface area contributed by atoms with Gasteiger partial charge in [0.1, 0.15) is 0 Å². The molecular formula is C16H20N4O4S. The largest absolute Gasteiger partial charge is 0.408 e. The molecule has 1 aromatic carbocycles. The SMILES string of the molecule is CCN(CC)S(=O)(=O)c1ccc(C(=O)Nc2nnc(C3CC3)o2)cc1. The van der Waals surface area contributed by atoms with E-state index in [9.17, 15) is 13.2 Å². The van der Waals surface area contributed by atoms with Gasteiger partial charge in [-0.25, -0.2) is 8.42 Å². The van der Waals surface area contributed by atoms with Gasteiger partial charge in [0.25, 0.3) is 5.91 Å². The van der Waals surface area contributed by atoms with Crippen molar-refractivity contribution in [2.75, 3.05) is 18.4 Å². The second kappa shape index (κ2) is 6.93. The molecule has 3 rings (SSSR count). The highest BCUT2D eigenvalue weighted by molar-refractivity contribution is 7.89. The minimum absolute atomic E-state index is 0.0479. The summed E-state index contributed by atoms with van der Waals surface area (Å²) in [6, 6.07) is 5.82. The topological polar surface area (TPSA) is 105 Å². The van der Waals surface area contributed by atoms with Gasteiger partial charge in [0.2, 0.25) is 15.9 Å². The maximum Gasteiger partial charge on any atom is 0.322 e. The van der Waals surface area contributed by atoms with Crippen LogP contribution in [0.25, 0.3) is 0 Å². The number of aromatic nitrogens is 2. The van der Waals surface area contributed by atoms with Crippen LogP contribution in [0.3, 0.4) is 0 Å². The van der Waals surface area contributed by atoms with Gasteiger partial charge in [0.05, 0.1) is 4.90 Å². The average Bonchev–Trinajstić information content (AvgIpc) is 3.35. The molecule has 0 atom stereocenters. The quantitative estimate of drug-likeness (QED) is 0.808. The molecule has 2 aromatic rings. The van der Waals surface area contributed by atoms with Crippen LogP contribution in [-0.2, 0) is 10.0 Å². The first-order chi connectivity index (χ1) is 12.0. The van der Waals surface area contributed by atoms with E-state index in [4.69, 9.17) is 4.42 Å². The molecule has 1 fully saturated rings. The van der Waals surface area contributed by atoms with E-state index in [1.54, 1.807) is 13.8 Å². The molecule has 1 N–H and O–H groups in total. The molecule has 0 bridgehead atoms. The number of hydrogen-bond donors (Lipinski definition) is 1. The van der Waals surface area contributed by atoms with Gasteiger partial charge in [0.15, 0.2) is 0 Å². The van der Waals surface area contributed by atoms with Crippen LogP contribution in [0.2, 0.25) is 0 Å². The second-order valence-electron chi connectivity index (χ2n) is 5.79. The Bertz CT molecular complexity index is 853. The molecule has 1 heterocycles. The van der Waals surface area contributed by atoms with Crippen LogP contribution in [0.5, 0.6) is 0 Å². The first kappa shape index (κ1) is 17.6. The van der Waals surface area contributed by atoms with Crippen LogP contribution in [-0.4, -0.2) is 41.9 Å². The molecule has 8 nitrogen and oxygen atoms in total. The van der Waals surface area contributed by atoms with E-state index in [-0.39, 0.29) is 10.9 Å². The molecule has 9 heteroatoms.